The highest BCUT2D eigenvalue weighted by Crippen LogP contribution is 2.30. The largest absolute Gasteiger partial charge is 0.483 e. The van der Waals surface area contributed by atoms with E-state index in [9.17, 15) is 22.0 Å². The third kappa shape index (κ3) is 6.47. The molecule has 1 aromatic heterocycles. The van der Waals surface area contributed by atoms with Crippen LogP contribution in [0.25, 0.3) is 0 Å². The first-order valence-corrected chi connectivity index (χ1v) is 10.6. The molecule has 156 valence electrons. The third-order valence-corrected chi connectivity index (χ3v) is 4.66. The minimum Gasteiger partial charge on any atom is -0.483 e. The summed E-state index contributed by atoms with van der Waals surface area (Å²) in [5, 5.41) is 3.13. The van der Waals surface area contributed by atoms with E-state index in [1.165, 1.54) is 24.5 Å². The van der Waals surface area contributed by atoms with Gasteiger partial charge in [0.15, 0.2) is 27.2 Å². The molecule has 7 nitrogen and oxygen atoms in total. The zero-order chi connectivity index (χ0) is 21.8. The van der Waals surface area contributed by atoms with Gasteiger partial charge >= 0.3 is 0 Å². The van der Waals surface area contributed by atoms with Crippen molar-refractivity contribution in [2.24, 2.45) is 0 Å². The Balaban J connectivity index is 2.04. The van der Waals surface area contributed by atoms with Gasteiger partial charge in [0, 0.05) is 23.3 Å². The number of ether oxygens (including phenoxy) is 1. The van der Waals surface area contributed by atoms with Crippen LogP contribution in [-0.2, 0) is 9.84 Å². The van der Waals surface area contributed by atoms with Gasteiger partial charge in [-0.2, -0.15) is 0 Å². The number of aromatic nitrogens is 2. The van der Waals surface area contributed by atoms with Gasteiger partial charge in [0.05, 0.1) is 17.4 Å². The number of benzene rings is 1. The fourth-order valence-electron chi connectivity index (χ4n) is 2.20. The number of carbonyl (C=O) groups is 1. The number of hydrogen-bond donors (Lipinski definition) is 1. The van der Waals surface area contributed by atoms with Crippen molar-refractivity contribution in [3.05, 3.63) is 64.1 Å². The molecule has 0 radical (unpaired) electrons. The number of sulfone groups is 1. The molecule has 0 aliphatic rings. The predicted molar refractivity (Wildman–Crippen MR) is 103 cm³/mol. The van der Waals surface area contributed by atoms with Crippen molar-refractivity contribution < 1.29 is 26.7 Å². The quantitative estimate of drug-likeness (QED) is 0.657. The summed E-state index contributed by atoms with van der Waals surface area (Å²) in [7, 11) is -3.30. The molecule has 1 aromatic carbocycles. The summed E-state index contributed by atoms with van der Waals surface area (Å²) in [4.78, 5) is 19.9. The van der Waals surface area contributed by atoms with E-state index in [0.717, 1.165) is 17.7 Å². The average Bonchev–Trinajstić information content (AvgIpc) is 2.64. The number of amides is 1. The molecule has 2 rings (SSSR count). The van der Waals surface area contributed by atoms with Gasteiger partial charge in [-0.15, -0.1) is 0 Å². The Bertz CT molecular complexity index is 1030. The van der Waals surface area contributed by atoms with Crippen molar-refractivity contribution in [1.29, 1.82) is 0 Å². The Labute approximate surface area is 171 Å². The molecule has 0 bridgehead atoms. The number of nitrogens with one attached hydrogen (secondary N) is 1. The van der Waals surface area contributed by atoms with E-state index in [1.807, 2.05) is 0 Å². The molecule has 29 heavy (non-hydrogen) atoms. The Kier molecular flexibility index (Phi) is 7.26. The molecule has 2 atom stereocenters. The van der Waals surface area contributed by atoms with E-state index in [2.05, 4.69) is 15.3 Å². The lowest BCUT2D eigenvalue weighted by molar-refractivity contribution is 0.0936. The van der Waals surface area contributed by atoms with Crippen molar-refractivity contribution >= 4 is 27.3 Å². The van der Waals surface area contributed by atoms with Gasteiger partial charge in [-0.05, 0) is 19.9 Å². The van der Waals surface area contributed by atoms with E-state index >= 15 is 0 Å². The molecule has 0 aliphatic carbocycles. The maximum absolute atomic E-state index is 13.6. The second kappa shape index (κ2) is 9.27. The highest BCUT2D eigenvalue weighted by atomic mass is 35.5. The number of nitrogens with zero attached hydrogens (tertiary/aromatic N) is 2. The van der Waals surface area contributed by atoms with Gasteiger partial charge in [-0.3, -0.25) is 4.79 Å². The standard InChI is InChI=1S/C18H18ClF2N3O4S/c1-10(6-7-29(3,26)27)24-18(25)17-22-8-12(9-23-17)28-11(2)13-4-5-14(20)16(21)15(13)19/h4-11H,1-3H3,(H,24,25)/b7-6+/t10-,11+/m1/s1. The molecule has 0 saturated carbocycles. The first-order valence-electron chi connectivity index (χ1n) is 8.29. The molecule has 1 heterocycles. The summed E-state index contributed by atoms with van der Waals surface area (Å²) in [5.41, 5.74) is 0.235. The lowest BCUT2D eigenvalue weighted by Crippen LogP contribution is -2.32. The predicted octanol–water partition coefficient (Wildman–Crippen LogP) is 3.22. The molecule has 0 aliphatic heterocycles. The lowest BCUT2D eigenvalue weighted by atomic mass is 10.1. The number of hydrogen-bond acceptors (Lipinski definition) is 6. The smallest absolute Gasteiger partial charge is 0.289 e. The number of halogens is 3. The highest BCUT2D eigenvalue weighted by Gasteiger charge is 2.18. The minimum atomic E-state index is -3.30. The van der Waals surface area contributed by atoms with Crippen LogP contribution in [0, 0.1) is 11.6 Å². The monoisotopic (exact) mass is 445 g/mol. The zero-order valence-corrected chi connectivity index (χ0v) is 17.3. The normalized spacial score (nSPS) is 13.9. The molecule has 0 saturated heterocycles. The summed E-state index contributed by atoms with van der Waals surface area (Å²) in [6, 6.07) is 1.69. The summed E-state index contributed by atoms with van der Waals surface area (Å²) >= 11 is 5.81. The Morgan fingerprint density at radius 3 is 2.45 bits per heavy atom. The Morgan fingerprint density at radius 2 is 1.86 bits per heavy atom. The van der Waals surface area contributed by atoms with Crippen LogP contribution in [0.1, 0.15) is 36.1 Å². The molecular weight excluding hydrogens is 428 g/mol. The SMILES string of the molecule is C[C@H](/C=C/S(C)(=O)=O)NC(=O)c1ncc(O[C@@H](C)c2ccc(F)c(F)c2Cl)cn1. The van der Waals surface area contributed by atoms with Gasteiger partial charge in [-0.1, -0.05) is 23.7 Å². The van der Waals surface area contributed by atoms with E-state index in [1.54, 1.807) is 13.8 Å². The van der Waals surface area contributed by atoms with Gasteiger partial charge in [0.25, 0.3) is 5.91 Å². The van der Waals surface area contributed by atoms with Crippen molar-refractivity contribution in [3.8, 4) is 5.75 Å². The van der Waals surface area contributed by atoms with Gasteiger partial charge < -0.3 is 10.1 Å². The second-order valence-electron chi connectivity index (χ2n) is 6.19. The molecule has 0 spiro atoms. The zero-order valence-electron chi connectivity index (χ0n) is 15.7. The van der Waals surface area contributed by atoms with Crippen LogP contribution < -0.4 is 10.1 Å². The van der Waals surface area contributed by atoms with Crippen LogP contribution in [-0.4, -0.2) is 36.6 Å². The first kappa shape index (κ1) is 22.7. The van der Waals surface area contributed by atoms with E-state index in [4.69, 9.17) is 16.3 Å². The van der Waals surface area contributed by atoms with Crippen LogP contribution in [0.3, 0.4) is 0 Å². The molecular formula is C18H18ClF2N3O4S. The van der Waals surface area contributed by atoms with E-state index < -0.39 is 39.5 Å². The van der Waals surface area contributed by atoms with Crippen LogP contribution in [0.2, 0.25) is 5.02 Å². The van der Waals surface area contributed by atoms with Gasteiger partial charge in [-0.25, -0.2) is 27.2 Å². The van der Waals surface area contributed by atoms with Crippen molar-refractivity contribution in [2.75, 3.05) is 6.26 Å². The minimum absolute atomic E-state index is 0.157. The van der Waals surface area contributed by atoms with Crippen LogP contribution in [0.4, 0.5) is 8.78 Å². The maximum atomic E-state index is 13.6. The lowest BCUT2D eigenvalue weighted by Gasteiger charge is -2.16. The Hall–Kier alpha value is -2.59. The second-order valence-corrected chi connectivity index (χ2v) is 8.50. The third-order valence-electron chi connectivity index (χ3n) is 3.62. The summed E-state index contributed by atoms with van der Waals surface area (Å²) < 4.78 is 54.5. The maximum Gasteiger partial charge on any atom is 0.289 e. The highest BCUT2D eigenvalue weighted by molar-refractivity contribution is 7.93. The van der Waals surface area contributed by atoms with Gasteiger partial charge in [0.1, 0.15) is 6.10 Å². The fourth-order valence-corrected chi connectivity index (χ4v) is 3.02. The number of rotatable bonds is 7. The molecule has 0 unspecified atom stereocenters. The molecule has 11 heteroatoms. The fraction of sp³-hybridized carbons (Fsp3) is 0.278. The van der Waals surface area contributed by atoms with Crippen LogP contribution in [0.5, 0.6) is 5.75 Å². The van der Waals surface area contributed by atoms with Crippen LogP contribution >= 0.6 is 11.6 Å². The molecule has 1 amide bonds. The van der Waals surface area contributed by atoms with Crippen LogP contribution in [0.15, 0.2) is 36.0 Å². The van der Waals surface area contributed by atoms with Crippen molar-refractivity contribution in [1.82, 2.24) is 15.3 Å². The van der Waals surface area contributed by atoms with E-state index in [-0.39, 0.29) is 22.2 Å². The van der Waals surface area contributed by atoms with Gasteiger partial charge in [0.2, 0.25) is 5.82 Å². The topological polar surface area (TPSA) is 98.2 Å². The molecule has 2 aromatic rings. The van der Waals surface area contributed by atoms with E-state index in [0.29, 0.717) is 0 Å². The van der Waals surface area contributed by atoms with Crippen molar-refractivity contribution in [2.45, 2.75) is 26.0 Å². The summed E-state index contributed by atoms with van der Waals surface area (Å²) in [6.07, 6.45) is 4.10. The Morgan fingerprint density at radius 1 is 1.24 bits per heavy atom. The molecule has 1 N–H and O–H groups in total. The molecule has 0 fully saturated rings. The summed E-state index contributed by atoms with van der Waals surface area (Å²) in [6.45, 7) is 3.17. The average molecular weight is 446 g/mol. The van der Waals surface area contributed by atoms with Crippen molar-refractivity contribution in [3.63, 3.8) is 0 Å². The summed E-state index contributed by atoms with van der Waals surface area (Å²) in [5.74, 6) is -2.82. The number of carbonyl (C=O) groups excluding carboxylic acids is 1. The first-order chi connectivity index (χ1) is 13.5.